The van der Waals surface area contributed by atoms with Gasteiger partial charge in [0.15, 0.2) is 5.17 Å². The van der Waals surface area contributed by atoms with Crippen molar-refractivity contribution in [2.24, 2.45) is 4.99 Å². The molecule has 0 aliphatic carbocycles. The minimum absolute atomic E-state index is 0.0187. The normalized spacial score (nSPS) is 18.8. The van der Waals surface area contributed by atoms with E-state index in [9.17, 15) is 19.7 Å². The van der Waals surface area contributed by atoms with E-state index >= 15 is 0 Å². The van der Waals surface area contributed by atoms with Gasteiger partial charge in [-0.15, -0.1) is 0 Å². The van der Waals surface area contributed by atoms with E-state index in [2.05, 4.69) is 9.89 Å². The number of aliphatic imine (C=N–C) groups is 1. The number of anilines is 1. The van der Waals surface area contributed by atoms with Crippen LogP contribution < -0.4 is 4.90 Å². The number of nitro benzene ring substituents is 1. The van der Waals surface area contributed by atoms with Crippen LogP contribution in [0.5, 0.6) is 0 Å². The molecule has 4 rings (SSSR count). The number of amidine groups is 1. The third-order valence-corrected chi connectivity index (χ3v) is 7.04. The Balaban J connectivity index is 1.62. The first-order valence-corrected chi connectivity index (χ1v) is 12.3. The second-order valence-corrected chi connectivity index (χ2v) is 9.40. The highest BCUT2D eigenvalue weighted by Gasteiger charge is 2.32. The minimum atomic E-state index is -0.471. The number of amides is 1. The van der Waals surface area contributed by atoms with Gasteiger partial charge in [-0.1, -0.05) is 12.1 Å². The summed E-state index contributed by atoms with van der Waals surface area (Å²) in [6.07, 6.45) is 1.66. The maximum Gasteiger partial charge on any atom is 0.337 e. The van der Waals surface area contributed by atoms with Crippen molar-refractivity contribution in [3.05, 3.63) is 68.6 Å². The lowest BCUT2D eigenvalue weighted by Crippen LogP contribution is -2.44. The van der Waals surface area contributed by atoms with Gasteiger partial charge < -0.3 is 14.5 Å². The lowest BCUT2D eigenvalue weighted by atomic mass is 10.1. The SMILES string of the molecule is CCN1C(=O)C(=Cc2ccc(N3CCN(C)CC3)c([N+](=O)[O-])c2)SC1=Nc1cccc(C(=O)OC)c1. The van der Waals surface area contributed by atoms with E-state index in [-0.39, 0.29) is 16.5 Å². The molecule has 11 heteroatoms. The molecule has 2 fully saturated rings. The smallest absolute Gasteiger partial charge is 0.337 e. The number of piperazine rings is 1. The number of benzene rings is 2. The zero-order valence-corrected chi connectivity index (χ0v) is 21.2. The molecule has 0 aromatic heterocycles. The Bertz CT molecular complexity index is 1250. The molecule has 2 aromatic carbocycles. The van der Waals surface area contributed by atoms with Gasteiger partial charge in [0, 0.05) is 38.8 Å². The van der Waals surface area contributed by atoms with Crippen molar-refractivity contribution in [2.45, 2.75) is 6.92 Å². The Hall–Kier alpha value is -3.70. The quantitative estimate of drug-likeness (QED) is 0.251. The van der Waals surface area contributed by atoms with E-state index in [1.165, 1.54) is 29.8 Å². The van der Waals surface area contributed by atoms with Crippen LogP contribution in [0.25, 0.3) is 6.08 Å². The molecule has 0 saturated carbocycles. The van der Waals surface area contributed by atoms with Crippen LogP contribution in [0.15, 0.2) is 52.4 Å². The summed E-state index contributed by atoms with van der Waals surface area (Å²) in [5, 5.41) is 12.3. The largest absolute Gasteiger partial charge is 0.465 e. The summed E-state index contributed by atoms with van der Waals surface area (Å²) < 4.78 is 4.76. The van der Waals surface area contributed by atoms with Crippen molar-refractivity contribution in [3.63, 3.8) is 0 Å². The van der Waals surface area contributed by atoms with Gasteiger partial charge in [-0.2, -0.15) is 0 Å². The number of rotatable bonds is 6. The van der Waals surface area contributed by atoms with Crippen molar-refractivity contribution in [1.82, 2.24) is 9.80 Å². The van der Waals surface area contributed by atoms with Crippen LogP contribution in [0.1, 0.15) is 22.8 Å². The molecule has 0 spiro atoms. The van der Waals surface area contributed by atoms with Crippen LogP contribution in [-0.4, -0.2) is 78.6 Å². The van der Waals surface area contributed by atoms with E-state index in [0.29, 0.717) is 52.2 Å². The Labute approximate surface area is 213 Å². The van der Waals surface area contributed by atoms with E-state index in [1.54, 1.807) is 42.5 Å². The molecular weight excluding hydrogens is 482 g/mol. The number of likely N-dealkylation sites (N-methyl/N-ethyl adjacent to an activating group) is 2. The molecule has 0 bridgehead atoms. The zero-order chi connectivity index (χ0) is 25.8. The number of nitro groups is 1. The van der Waals surface area contributed by atoms with Gasteiger partial charge in [0.05, 0.1) is 28.2 Å². The van der Waals surface area contributed by atoms with Crippen molar-refractivity contribution in [1.29, 1.82) is 0 Å². The molecule has 0 N–H and O–H groups in total. The summed E-state index contributed by atoms with van der Waals surface area (Å²) in [5.41, 5.74) is 2.05. The Morgan fingerprint density at radius 1 is 1.19 bits per heavy atom. The molecule has 188 valence electrons. The molecule has 36 heavy (non-hydrogen) atoms. The van der Waals surface area contributed by atoms with Crippen LogP contribution >= 0.6 is 11.8 Å². The van der Waals surface area contributed by atoms with Gasteiger partial charge in [-0.25, -0.2) is 9.79 Å². The van der Waals surface area contributed by atoms with E-state index in [0.717, 1.165) is 13.1 Å². The van der Waals surface area contributed by atoms with Crippen LogP contribution in [0.2, 0.25) is 0 Å². The van der Waals surface area contributed by atoms with Crippen LogP contribution in [-0.2, 0) is 9.53 Å². The van der Waals surface area contributed by atoms with E-state index in [1.807, 2.05) is 18.9 Å². The lowest BCUT2D eigenvalue weighted by molar-refractivity contribution is -0.384. The third kappa shape index (κ3) is 5.42. The maximum atomic E-state index is 13.1. The Morgan fingerprint density at radius 2 is 1.94 bits per heavy atom. The first-order valence-electron chi connectivity index (χ1n) is 11.5. The molecule has 0 unspecified atom stereocenters. The highest BCUT2D eigenvalue weighted by atomic mass is 32.2. The number of hydrogen-bond donors (Lipinski definition) is 0. The summed E-state index contributed by atoms with van der Waals surface area (Å²) in [5.74, 6) is -0.696. The molecular formula is C25H27N5O5S. The summed E-state index contributed by atoms with van der Waals surface area (Å²) in [6.45, 7) is 5.36. The second kappa shape index (κ2) is 10.9. The summed E-state index contributed by atoms with van der Waals surface area (Å²) in [7, 11) is 3.34. The summed E-state index contributed by atoms with van der Waals surface area (Å²) in [4.78, 5) is 47.1. The number of carbonyl (C=O) groups excluding carboxylic acids is 2. The van der Waals surface area contributed by atoms with Crippen molar-refractivity contribution in [3.8, 4) is 0 Å². The maximum absolute atomic E-state index is 13.1. The molecule has 2 aromatic rings. The van der Waals surface area contributed by atoms with Crippen molar-refractivity contribution in [2.75, 3.05) is 51.8 Å². The average Bonchev–Trinajstić information content (AvgIpc) is 3.17. The first kappa shape index (κ1) is 25.4. The Morgan fingerprint density at radius 3 is 2.61 bits per heavy atom. The molecule has 2 heterocycles. The number of nitrogens with zero attached hydrogens (tertiary/aromatic N) is 5. The van der Waals surface area contributed by atoms with E-state index in [4.69, 9.17) is 4.74 Å². The number of thioether (sulfide) groups is 1. The standard InChI is InChI=1S/C25H27N5O5S/c1-4-29-23(31)22(36-25(29)26-19-7-5-6-18(16-19)24(32)35-3)15-17-8-9-20(21(14-17)30(33)34)28-12-10-27(2)11-13-28/h5-9,14-16H,4,10-13H2,1-3H3. The van der Waals surface area contributed by atoms with Crippen molar-refractivity contribution >= 4 is 51.9 Å². The van der Waals surface area contributed by atoms with Gasteiger partial charge in [0.2, 0.25) is 0 Å². The number of ether oxygens (including phenoxy) is 1. The fraction of sp³-hybridized carbons (Fsp3) is 0.320. The number of methoxy groups -OCH3 is 1. The highest BCUT2D eigenvalue weighted by Crippen LogP contribution is 2.36. The summed E-state index contributed by atoms with van der Waals surface area (Å²) >= 11 is 1.19. The van der Waals surface area contributed by atoms with Crippen LogP contribution in [0.3, 0.4) is 0 Å². The predicted octanol–water partition coefficient (Wildman–Crippen LogP) is 3.76. The molecule has 2 aliphatic heterocycles. The van der Waals surface area contributed by atoms with Gasteiger partial charge in [-0.05, 0) is 61.6 Å². The monoisotopic (exact) mass is 509 g/mol. The summed E-state index contributed by atoms with van der Waals surface area (Å²) in [6, 6.07) is 11.7. The second-order valence-electron chi connectivity index (χ2n) is 8.39. The molecule has 10 nitrogen and oxygen atoms in total. The van der Waals surface area contributed by atoms with Gasteiger partial charge in [0.25, 0.3) is 11.6 Å². The third-order valence-electron chi connectivity index (χ3n) is 6.03. The first-order chi connectivity index (χ1) is 17.3. The molecule has 2 saturated heterocycles. The van der Waals surface area contributed by atoms with Gasteiger partial charge in [0.1, 0.15) is 5.69 Å². The average molecular weight is 510 g/mol. The topological polar surface area (TPSA) is 109 Å². The zero-order valence-electron chi connectivity index (χ0n) is 20.3. The van der Waals surface area contributed by atoms with Gasteiger partial charge >= 0.3 is 5.97 Å². The Kier molecular flexibility index (Phi) is 7.70. The lowest BCUT2D eigenvalue weighted by Gasteiger charge is -2.33. The number of esters is 1. The van der Waals surface area contributed by atoms with Crippen LogP contribution in [0, 0.1) is 10.1 Å². The van der Waals surface area contributed by atoms with Gasteiger partial charge in [-0.3, -0.25) is 19.8 Å². The fourth-order valence-electron chi connectivity index (χ4n) is 4.04. The van der Waals surface area contributed by atoms with Crippen LogP contribution in [0.4, 0.5) is 17.1 Å². The molecule has 0 atom stereocenters. The van der Waals surface area contributed by atoms with Crippen molar-refractivity contribution < 1.29 is 19.2 Å². The molecule has 2 aliphatic rings. The number of carbonyl (C=O) groups is 2. The molecule has 0 radical (unpaired) electrons. The van der Waals surface area contributed by atoms with E-state index < -0.39 is 5.97 Å². The number of hydrogen-bond acceptors (Lipinski definition) is 9. The highest BCUT2D eigenvalue weighted by molar-refractivity contribution is 8.18. The fourth-order valence-corrected chi connectivity index (χ4v) is 5.11. The molecule has 1 amide bonds. The minimum Gasteiger partial charge on any atom is -0.465 e. The predicted molar refractivity (Wildman–Crippen MR) is 141 cm³/mol.